The Labute approximate surface area is 149 Å². The lowest BCUT2D eigenvalue weighted by molar-refractivity contribution is -0.139. The van der Waals surface area contributed by atoms with Crippen LogP contribution in [-0.2, 0) is 9.59 Å². The molecule has 3 rings (SSSR count). The molecule has 1 heterocycles. The van der Waals surface area contributed by atoms with Crippen LogP contribution < -0.4 is 15.5 Å². The number of rotatable bonds is 6. The first kappa shape index (κ1) is 17.7. The fourth-order valence-electron chi connectivity index (χ4n) is 3.25. The fourth-order valence-corrected chi connectivity index (χ4v) is 3.25. The van der Waals surface area contributed by atoms with Crippen molar-refractivity contribution in [2.45, 2.75) is 37.8 Å². The van der Waals surface area contributed by atoms with E-state index in [1.54, 1.807) is 0 Å². The van der Waals surface area contributed by atoms with Gasteiger partial charge in [0.15, 0.2) is 0 Å². The molecule has 1 saturated heterocycles. The molecule has 1 aliphatic carbocycles. The third-order valence-electron chi connectivity index (χ3n) is 4.95. The van der Waals surface area contributed by atoms with Gasteiger partial charge in [0.1, 0.15) is 0 Å². The van der Waals surface area contributed by atoms with E-state index in [9.17, 15) is 9.59 Å². The number of anilines is 1. The topological polar surface area (TPSA) is 64.7 Å². The number of carbonyl (C=O) groups is 2. The van der Waals surface area contributed by atoms with Crippen molar-refractivity contribution in [1.29, 1.82) is 0 Å². The molecule has 2 fully saturated rings. The van der Waals surface area contributed by atoms with Gasteiger partial charge in [0.2, 0.25) is 0 Å². The molecule has 0 aromatic heterocycles. The van der Waals surface area contributed by atoms with Crippen LogP contribution in [0.3, 0.4) is 0 Å². The molecule has 1 saturated carbocycles. The normalized spacial score (nSPS) is 18.6. The van der Waals surface area contributed by atoms with E-state index < -0.39 is 11.8 Å². The van der Waals surface area contributed by atoms with E-state index in [1.165, 1.54) is 18.4 Å². The molecule has 1 atom stereocenters. The summed E-state index contributed by atoms with van der Waals surface area (Å²) in [5.74, 6) is -1.04. The van der Waals surface area contributed by atoms with Gasteiger partial charge in [-0.15, -0.1) is 0 Å². The molecular weight excluding hydrogens is 316 g/mol. The van der Waals surface area contributed by atoms with Gasteiger partial charge < -0.3 is 15.5 Å². The largest absolute Gasteiger partial charge is 0.378 e. The van der Waals surface area contributed by atoms with Gasteiger partial charge in [-0.1, -0.05) is 12.1 Å². The second-order valence-corrected chi connectivity index (χ2v) is 7.20. The van der Waals surface area contributed by atoms with Crippen molar-refractivity contribution in [3.8, 4) is 0 Å². The van der Waals surface area contributed by atoms with E-state index in [-0.39, 0.29) is 12.1 Å². The molecule has 0 spiro atoms. The number of amides is 2. The first-order chi connectivity index (χ1) is 12.0. The molecule has 0 bridgehead atoms. The van der Waals surface area contributed by atoms with E-state index in [0.29, 0.717) is 6.54 Å². The zero-order chi connectivity index (χ0) is 17.8. The van der Waals surface area contributed by atoms with Crippen LogP contribution >= 0.6 is 0 Å². The summed E-state index contributed by atoms with van der Waals surface area (Å²) in [6.07, 6.45) is 4.33. The lowest BCUT2D eigenvalue weighted by Gasteiger charge is -2.28. The molecule has 0 radical (unpaired) electrons. The van der Waals surface area contributed by atoms with Gasteiger partial charge in [-0.3, -0.25) is 14.5 Å². The zero-order valence-corrected chi connectivity index (χ0v) is 15.1. The van der Waals surface area contributed by atoms with E-state index in [4.69, 9.17) is 0 Å². The Bertz CT molecular complexity index is 604. The van der Waals surface area contributed by atoms with Crippen LogP contribution in [0.5, 0.6) is 0 Å². The van der Waals surface area contributed by atoms with Crippen LogP contribution in [0.15, 0.2) is 24.3 Å². The van der Waals surface area contributed by atoms with Gasteiger partial charge >= 0.3 is 11.8 Å². The third-order valence-corrected chi connectivity index (χ3v) is 4.95. The maximum atomic E-state index is 12.1. The van der Waals surface area contributed by atoms with Crippen LogP contribution in [0.1, 0.15) is 37.3 Å². The maximum absolute atomic E-state index is 12.1. The number of carbonyl (C=O) groups excluding carboxylic acids is 2. The number of hydrogen-bond acceptors (Lipinski definition) is 4. The first-order valence-electron chi connectivity index (χ1n) is 9.14. The molecule has 2 amide bonds. The summed E-state index contributed by atoms with van der Waals surface area (Å²) in [5, 5.41) is 5.56. The number of nitrogens with zero attached hydrogens (tertiary/aromatic N) is 2. The second kappa shape index (κ2) is 7.87. The predicted octanol–water partition coefficient (Wildman–Crippen LogP) is 1.28. The summed E-state index contributed by atoms with van der Waals surface area (Å²) in [5.41, 5.74) is 2.33. The van der Waals surface area contributed by atoms with Gasteiger partial charge in [0.25, 0.3) is 0 Å². The first-order valence-corrected chi connectivity index (χ1v) is 9.14. The summed E-state index contributed by atoms with van der Waals surface area (Å²) < 4.78 is 0. The van der Waals surface area contributed by atoms with Crippen LogP contribution in [0.2, 0.25) is 0 Å². The van der Waals surface area contributed by atoms with Crippen LogP contribution in [0.25, 0.3) is 0 Å². The Balaban J connectivity index is 1.64. The van der Waals surface area contributed by atoms with E-state index >= 15 is 0 Å². The number of benzene rings is 1. The summed E-state index contributed by atoms with van der Waals surface area (Å²) in [4.78, 5) is 28.4. The second-order valence-electron chi connectivity index (χ2n) is 7.20. The highest BCUT2D eigenvalue weighted by Gasteiger charge is 2.28. The molecular formula is C19H28N4O2. The van der Waals surface area contributed by atoms with E-state index in [1.807, 2.05) is 14.1 Å². The minimum Gasteiger partial charge on any atom is -0.378 e. The Kier molecular flexibility index (Phi) is 5.58. The molecule has 6 heteroatoms. The Morgan fingerprint density at radius 3 is 2.32 bits per heavy atom. The smallest absolute Gasteiger partial charge is 0.309 e. The molecule has 0 unspecified atom stereocenters. The Morgan fingerprint density at radius 2 is 1.76 bits per heavy atom. The number of hydrogen-bond donors (Lipinski definition) is 2. The molecule has 1 aromatic rings. The van der Waals surface area contributed by atoms with Gasteiger partial charge in [-0.25, -0.2) is 0 Å². The highest BCUT2D eigenvalue weighted by Crippen LogP contribution is 2.26. The van der Waals surface area contributed by atoms with Crippen molar-refractivity contribution in [3.05, 3.63) is 29.8 Å². The number of likely N-dealkylation sites (tertiary alicyclic amines) is 1. The summed E-state index contributed by atoms with van der Waals surface area (Å²) in [7, 11) is 4.04. The third kappa shape index (κ3) is 4.72. The lowest BCUT2D eigenvalue weighted by Crippen LogP contribution is -2.44. The Morgan fingerprint density at radius 1 is 1.12 bits per heavy atom. The summed E-state index contributed by atoms with van der Waals surface area (Å²) >= 11 is 0. The maximum Gasteiger partial charge on any atom is 0.309 e. The minimum atomic E-state index is -0.527. The highest BCUT2D eigenvalue weighted by molar-refractivity contribution is 6.35. The molecule has 2 aliphatic rings. The molecule has 1 aromatic carbocycles. The average Bonchev–Trinajstić information content (AvgIpc) is 3.25. The lowest BCUT2D eigenvalue weighted by atomic mass is 10.0. The van der Waals surface area contributed by atoms with Gasteiger partial charge in [0, 0.05) is 32.4 Å². The molecule has 1 aliphatic heterocycles. The van der Waals surface area contributed by atoms with Gasteiger partial charge in [0.05, 0.1) is 6.04 Å². The highest BCUT2D eigenvalue weighted by atomic mass is 16.2. The SMILES string of the molecule is CN(C)c1ccc([C@@H](CNC(=O)C(=O)NC2CC2)N2CCCC2)cc1. The molecule has 6 nitrogen and oxygen atoms in total. The van der Waals surface area contributed by atoms with Crippen molar-refractivity contribution >= 4 is 17.5 Å². The van der Waals surface area contributed by atoms with Crippen LogP contribution in [-0.4, -0.2) is 56.5 Å². The fraction of sp³-hybridized carbons (Fsp3) is 0.579. The number of nitrogens with one attached hydrogen (secondary N) is 2. The van der Waals surface area contributed by atoms with Gasteiger partial charge in [-0.2, -0.15) is 0 Å². The van der Waals surface area contributed by atoms with Crippen molar-refractivity contribution < 1.29 is 9.59 Å². The predicted molar refractivity (Wildman–Crippen MR) is 98.5 cm³/mol. The average molecular weight is 344 g/mol. The van der Waals surface area contributed by atoms with Crippen LogP contribution in [0, 0.1) is 0 Å². The van der Waals surface area contributed by atoms with Crippen molar-refractivity contribution in [2.24, 2.45) is 0 Å². The van der Waals surface area contributed by atoms with E-state index in [2.05, 4.69) is 44.7 Å². The Hall–Kier alpha value is -2.08. The standard InChI is InChI=1S/C19H28N4O2/c1-22(2)16-9-5-14(6-10-16)17(23-11-3-4-12-23)13-20-18(24)19(25)21-15-7-8-15/h5-6,9-10,15,17H,3-4,7-8,11-13H2,1-2H3,(H,20,24)(H,21,25)/t17-/m1/s1. The zero-order valence-electron chi connectivity index (χ0n) is 15.1. The summed E-state index contributed by atoms with van der Waals surface area (Å²) in [6.45, 7) is 2.52. The molecule has 2 N–H and O–H groups in total. The quantitative estimate of drug-likeness (QED) is 0.763. The molecule has 136 valence electrons. The summed E-state index contributed by atoms with van der Waals surface area (Å²) in [6, 6.07) is 8.74. The minimum absolute atomic E-state index is 0.108. The van der Waals surface area contributed by atoms with E-state index in [0.717, 1.165) is 31.6 Å². The van der Waals surface area contributed by atoms with Crippen LogP contribution in [0.4, 0.5) is 5.69 Å². The molecule has 25 heavy (non-hydrogen) atoms. The monoisotopic (exact) mass is 344 g/mol. The van der Waals surface area contributed by atoms with Gasteiger partial charge in [-0.05, 0) is 56.5 Å². The van der Waals surface area contributed by atoms with Crippen molar-refractivity contribution in [2.75, 3.05) is 38.6 Å². The van der Waals surface area contributed by atoms with Crippen molar-refractivity contribution in [3.63, 3.8) is 0 Å². The van der Waals surface area contributed by atoms with Crippen molar-refractivity contribution in [1.82, 2.24) is 15.5 Å².